The summed E-state index contributed by atoms with van der Waals surface area (Å²) < 4.78 is 5.37. The van der Waals surface area contributed by atoms with Crippen LogP contribution in [0.4, 0.5) is 5.69 Å². The molecule has 3 aromatic carbocycles. The first kappa shape index (κ1) is 20.0. The molecule has 4 rings (SSSR count). The van der Waals surface area contributed by atoms with Crippen LogP contribution >= 0.6 is 11.6 Å². The molecule has 0 aliphatic carbocycles. The first-order valence-electron chi connectivity index (χ1n) is 9.59. The van der Waals surface area contributed by atoms with Crippen molar-refractivity contribution in [3.8, 4) is 5.75 Å². The minimum Gasteiger partial charge on any atom is -0.496 e. The van der Waals surface area contributed by atoms with Crippen molar-refractivity contribution in [2.75, 3.05) is 12.0 Å². The van der Waals surface area contributed by atoms with Gasteiger partial charge in [-0.15, -0.1) is 0 Å². The number of nitrogens with zero attached hydrogens (tertiary/aromatic N) is 1. The lowest BCUT2D eigenvalue weighted by Gasteiger charge is -2.26. The third-order valence-electron chi connectivity index (χ3n) is 5.28. The molecule has 3 aromatic rings. The second-order valence-corrected chi connectivity index (χ2v) is 7.56. The number of hydrogen-bond donors (Lipinski definition) is 1. The lowest BCUT2D eigenvalue weighted by Crippen LogP contribution is -2.39. The predicted molar refractivity (Wildman–Crippen MR) is 117 cm³/mol. The van der Waals surface area contributed by atoms with E-state index < -0.39 is 6.04 Å². The molecule has 0 fully saturated rings. The van der Waals surface area contributed by atoms with Gasteiger partial charge in [-0.2, -0.15) is 0 Å². The van der Waals surface area contributed by atoms with Gasteiger partial charge in [0.05, 0.1) is 7.11 Å². The average molecular weight is 421 g/mol. The van der Waals surface area contributed by atoms with Gasteiger partial charge in [0.25, 0.3) is 5.91 Å². The molecule has 1 unspecified atom stereocenters. The molecule has 5 nitrogen and oxygen atoms in total. The van der Waals surface area contributed by atoms with Crippen LogP contribution in [-0.4, -0.2) is 18.9 Å². The molecule has 6 heteroatoms. The number of para-hydroxylation sites is 1. The van der Waals surface area contributed by atoms with Gasteiger partial charge in [0.1, 0.15) is 11.8 Å². The van der Waals surface area contributed by atoms with Gasteiger partial charge in [0.2, 0.25) is 5.91 Å². The fourth-order valence-corrected chi connectivity index (χ4v) is 4.07. The normalized spacial score (nSPS) is 15.1. The fraction of sp³-hybridized carbons (Fsp3) is 0.167. The van der Waals surface area contributed by atoms with Crippen molar-refractivity contribution < 1.29 is 14.3 Å². The van der Waals surface area contributed by atoms with Crippen LogP contribution in [0.15, 0.2) is 66.7 Å². The topological polar surface area (TPSA) is 58.6 Å². The number of fused-ring (bicyclic) bond motifs is 1. The van der Waals surface area contributed by atoms with Gasteiger partial charge in [-0.3, -0.25) is 14.5 Å². The van der Waals surface area contributed by atoms with Gasteiger partial charge in [0.15, 0.2) is 0 Å². The molecule has 30 heavy (non-hydrogen) atoms. The van der Waals surface area contributed by atoms with Crippen molar-refractivity contribution in [2.45, 2.75) is 19.5 Å². The van der Waals surface area contributed by atoms with Crippen LogP contribution < -0.4 is 15.0 Å². The Kier molecular flexibility index (Phi) is 5.46. The molecule has 0 spiro atoms. The van der Waals surface area contributed by atoms with Crippen LogP contribution in [0.25, 0.3) is 0 Å². The summed E-state index contributed by atoms with van der Waals surface area (Å²) in [6.45, 7) is 2.17. The molecule has 2 amide bonds. The molecule has 1 aliphatic rings. The van der Waals surface area contributed by atoms with Gasteiger partial charge >= 0.3 is 0 Å². The summed E-state index contributed by atoms with van der Waals surface area (Å²) in [5.41, 5.74) is 3.57. The van der Waals surface area contributed by atoms with Crippen molar-refractivity contribution >= 4 is 29.1 Å². The summed E-state index contributed by atoms with van der Waals surface area (Å²) in [4.78, 5) is 28.1. The zero-order valence-corrected chi connectivity index (χ0v) is 17.4. The van der Waals surface area contributed by atoms with E-state index in [1.807, 2.05) is 43.3 Å². The third kappa shape index (κ3) is 3.53. The maximum absolute atomic E-state index is 13.3. The van der Waals surface area contributed by atoms with Crippen molar-refractivity contribution in [1.29, 1.82) is 0 Å². The van der Waals surface area contributed by atoms with Gasteiger partial charge in [-0.1, -0.05) is 48.0 Å². The standard InChI is InChI=1S/C24H21ClN2O3/c1-15-13-17(25)11-12-20(15)27-22(18-8-4-5-9-19(18)24(27)29)23(28)26-14-16-7-3-6-10-21(16)30-2/h3-13,22H,14H2,1-2H3,(H,26,28). The average Bonchev–Trinajstić information content (AvgIpc) is 3.05. The second kappa shape index (κ2) is 8.20. The molecule has 1 N–H and O–H groups in total. The number of nitrogens with one attached hydrogen (secondary N) is 1. The van der Waals surface area contributed by atoms with Crippen LogP contribution in [0.1, 0.15) is 33.1 Å². The number of rotatable bonds is 5. The van der Waals surface area contributed by atoms with Gasteiger partial charge in [0, 0.05) is 28.4 Å². The number of amides is 2. The Morgan fingerprint density at radius 2 is 1.83 bits per heavy atom. The molecule has 0 saturated heterocycles. The van der Waals surface area contributed by atoms with Gasteiger partial charge < -0.3 is 10.1 Å². The number of methoxy groups -OCH3 is 1. The van der Waals surface area contributed by atoms with E-state index in [0.29, 0.717) is 34.1 Å². The molecule has 152 valence electrons. The Balaban J connectivity index is 1.69. The van der Waals surface area contributed by atoms with E-state index in [4.69, 9.17) is 16.3 Å². The Morgan fingerprint density at radius 1 is 1.10 bits per heavy atom. The van der Waals surface area contributed by atoms with Crippen LogP contribution in [0.5, 0.6) is 5.75 Å². The number of aryl methyl sites for hydroxylation is 1. The van der Waals surface area contributed by atoms with Crippen LogP contribution in [0.3, 0.4) is 0 Å². The highest BCUT2D eigenvalue weighted by atomic mass is 35.5. The number of carbonyl (C=O) groups is 2. The minimum atomic E-state index is -0.761. The molecular formula is C24H21ClN2O3. The lowest BCUT2D eigenvalue weighted by molar-refractivity contribution is -0.122. The Labute approximate surface area is 180 Å². The minimum absolute atomic E-state index is 0.200. The van der Waals surface area contributed by atoms with Crippen molar-refractivity contribution in [3.63, 3.8) is 0 Å². The Morgan fingerprint density at radius 3 is 2.60 bits per heavy atom. The predicted octanol–water partition coefficient (Wildman–Crippen LogP) is 4.67. The second-order valence-electron chi connectivity index (χ2n) is 7.13. The highest BCUT2D eigenvalue weighted by molar-refractivity contribution is 6.30. The molecule has 0 radical (unpaired) electrons. The fourth-order valence-electron chi connectivity index (χ4n) is 3.84. The summed E-state index contributed by atoms with van der Waals surface area (Å²) in [5.74, 6) is 0.244. The van der Waals surface area contributed by atoms with E-state index in [2.05, 4.69) is 5.32 Å². The summed E-state index contributed by atoms with van der Waals surface area (Å²) in [5, 5.41) is 3.55. The zero-order valence-electron chi connectivity index (χ0n) is 16.7. The Hall–Kier alpha value is -3.31. The maximum Gasteiger partial charge on any atom is 0.259 e. The monoisotopic (exact) mass is 420 g/mol. The molecule has 1 atom stereocenters. The van der Waals surface area contributed by atoms with Crippen molar-refractivity contribution in [1.82, 2.24) is 5.32 Å². The largest absolute Gasteiger partial charge is 0.496 e. The summed E-state index contributed by atoms with van der Waals surface area (Å²) in [7, 11) is 1.59. The number of halogens is 1. The third-order valence-corrected chi connectivity index (χ3v) is 5.51. The highest BCUT2D eigenvalue weighted by Crippen LogP contribution is 2.39. The van der Waals surface area contributed by atoms with Crippen molar-refractivity contribution in [2.24, 2.45) is 0 Å². The summed E-state index contributed by atoms with van der Waals surface area (Å²) in [6.07, 6.45) is 0. The van der Waals surface area contributed by atoms with E-state index in [0.717, 1.165) is 11.1 Å². The number of hydrogen-bond acceptors (Lipinski definition) is 3. The van der Waals surface area contributed by atoms with Crippen LogP contribution in [-0.2, 0) is 11.3 Å². The van der Waals surface area contributed by atoms with E-state index >= 15 is 0 Å². The number of anilines is 1. The number of benzene rings is 3. The number of ether oxygens (including phenoxy) is 1. The van der Waals surface area contributed by atoms with E-state index in [1.165, 1.54) is 0 Å². The smallest absolute Gasteiger partial charge is 0.259 e. The lowest BCUT2D eigenvalue weighted by atomic mass is 10.0. The van der Waals surface area contributed by atoms with Crippen LogP contribution in [0.2, 0.25) is 5.02 Å². The molecule has 0 bridgehead atoms. The Bertz CT molecular complexity index is 1130. The van der Waals surface area contributed by atoms with E-state index in [1.54, 1.807) is 42.3 Å². The molecule has 1 aliphatic heterocycles. The van der Waals surface area contributed by atoms with E-state index in [-0.39, 0.29) is 11.8 Å². The van der Waals surface area contributed by atoms with Gasteiger partial charge in [-0.05, 0) is 48.4 Å². The highest BCUT2D eigenvalue weighted by Gasteiger charge is 2.42. The van der Waals surface area contributed by atoms with E-state index in [9.17, 15) is 9.59 Å². The number of carbonyl (C=O) groups excluding carboxylic acids is 2. The molecule has 0 saturated carbocycles. The zero-order chi connectivity index (χ0) is 21.3. The van der Waals surface area contributed by atoms with Gasteiger partial charge in [-0.25, -0.2) is 0 Å². The molecule has 0 aromatic heterocycles. The summed E-state index contributed by atoms with van der Waals surface area (Å²) >= 11 is 6.10. The molecular weight excluding hydrogens is 400 g/mol. The van der Waals surface area contributed by atoms with Crippen molar-refractivity contribution in [3.05, 3.63) is 94.0 Å². The van der Waals surface area contributed by atoms with Crippen LogP contribution in [0, 0.1) is 6.92 Å². The quantitative estimate of drug-likeness (QED) is 0.652. The molecule has 1 heterocycles. The SMILES string of the molecule is COc1ccccc1CNC(=O)C1c2ccccc2C(=O)N1c1ccc(Cl)cc1C. The maximum atomic E-state index is 13.3. The first-order chi connectivity index (χ1) is 14.5. The summed E-state index contributed by atoms with van der Waals surface area (Å²) in [6, 6.07) is 19.3. The first-order valence-corrected chi connectivity index (χ1v) is 9.97.